The number of benzene rings is 1. The fourth-order valence-electron chi connectivity index (χ4n) is 9.04. The molecule has 7 rings (SSSR count). The van der Waals surface area contributed by atoms with Crippen LogP contribution in [0.15, 0.2) is 12.1 Å². The molecule has 6 aliphatic rings. The Morgan fingerprint density at radius 2 is 1.94 bits per heavy atom. The minimum atomic E-state index is -0.849. The second kappa shape index (κ2) is 8.36. The minimum absolute atomic E-state index is 0.104. The number of aliphatic hydroxyl groups is 1. The fraction of sp³-hybridized carbons (Fsp3) is 0.767. The van der Waals surface area contributed by atoms with Gasteiger partial charge in [-0.15, -0.1) is 0 Å². The molecule has 0 aromatic heterocycles. The lowest BCUT2D eigenvalue weighted by molar-refractivity contribution is -0.199. The van der Waals surface area contributed by atoms with Gasteiger partial charge in [0.15, 0.2) is 11.5 Å². The lowest BCUT2D eigenvalue weighted by Crippen LogP contribution is -2.76. The molecular formula is C30H42N2O4. The van der Waals surface area contributed by atoms with Gasteiger partial charge in [-0.05, 0) is 75.0 Å². The molecule has 36 heavy (non-hydrogen) atoms. The first-order valence-electron chi connectivity index (χ1n) is 14.6. The van der Waals surface area contributed by atoms with Crippen molar-refractivity contribution in [1.29, 1.82) is 0 Å². The summed E-state index contributed by atoms with van der Waals surface area (Å²) in [5, 5.41) is 23.4. The molecule has 5 atom stereocenters. The summed E-state index contributed by atoms with van der Waals surface area (Å²) in [6.07, 6.45) is 12.5. The van der Waals surface area contributed by atoms with Gasteiger partial charge in [0, 0.05) is 44.1 Å². The SMILES string of the molecule is CN(C[C@H]1CC[C@@]2(O)[C@H]3Cc4ccc(O)c5c4[C@@]2(CCN3CC2CC2)[C@H]1O5)C(=O)CCC1CCCC1. The molecule has 0 unspecified atom stereocenters. The molecule has 4 fully saturated rings. The van der Waals surface area contributed by atoms with Crippen LogP contribution in [0.2, 0.25) is 0 Å². The Morgan fingerprint density at radius 3 is 2.72 bits per heavy atom. The molecule has 196 valence electrons. The molecule has 1 aromatic rings. The Kier molecular flexibility index (Phi) is 5.42. The summed E-state index contributed by atoms with van der Waals surface area (Å²) < 4.78 is 6.67. The van der Waals surface area contributed by atoms with Gasteiger partial charge in [-0.2, -0.15) is 0 Å². The van der Waals surface area contributed by atoms with Crippen LogP contribution in [-0.4, -0.2) is 70.3 Å². The number of nitrogens with zero attached hydrogens (tertiary/aromatic N) is 2. The number of phenolic OH excluding ortho intramolecular Hbond substituents is 1. The van der Waals surface area contributed by atoms with E-state index in [1.165, 1.54) is 44.1 Å². The van der Waals surface area contributed by atoms with Crippen LogP contribution in [-0.2, 0) is 16.6 Å². The van der Waals surface area contributed by atoms with Crippen molar-refractivity contribution in [3.8, 4) is 11.5 Å². The van der Waals surface area contributed by atoms with E-state index in [9.17, 15) is 15.0 Å². The lowest BCUT2D eigenvalue weighted by Gasteiger charge is -2.64. The van der Waals surface area contributed by atoms with E-state index >= 15 is 0 Å². The molecule has 2 N–H and O–H groups in total. The first kappa shape index (κ1) is 23.3. The summed E-state index contributed by atoms with van der Waals surface area (Å²) in [6, 6.07) is 3.95. The van der Waals surface area contributed by atoms with Crippen molar-refractivity contribution in [2.75, 3.05) is 26.7 Å². The molecule has 0 radical (unpaired) electrons. The average molecular weight is 495 g/mol. The number of carbonyl (C=O) groups is 1. The summed E-state index contributed by atoms with van der Waals surface area (Å²) in [5.41, 5.74) is 0.980. The predicted octanol–water partition coefficient (Wildman–Crippen LogP) is 4.00. The van der Waals surface area contributed by atoms with E-state index in [1.807, 2.05) is 11.9 Å². The normalized spacial score (nSPS) is 37.0. The largest absolute Gasteiger partial charge is 0.504 e. The van der Waals surface area contributed by atoms with E-state index < -0.39 is 11.0 Å². The van der Waals surface area contributed by atoms with Gasteiger partial charge in [-0.25, -0.2) is 0 Å². The van der Waals surface area contributed by atoms with Crippen LogP contribution in [0.1, 0.15) is 81.8 Å². The second-order valence-corrected chi connectivity index (χ2v) is 13.1. The van der Waals surface area contributed by atoms with Crippen LogP contribution in [0.3, 0.4) is 0 Å². The number of likely N-dealkylation sites (tertiary alicyclic amines) is 1. The van der Waals surface area contributed by atoms with Gasteiger partial charge in [0.1, 0.15) is 6.10 Å². The molecule has 1 aromatic carbocycles. The van der Waals surface area contributed by atoms with Crippen molar-refractivity contribution in [1.82, 2.24) is 9.80 Å². The topological polar surface area (TPSA) is 73.2 Å². The number of hydrogen-bond acceptors (Lipinski definition) is 5. The van der Waals surface area contributed by atoms with Crippen molar-refractivity contribution in [2.45, 2.75) is 100 Å². The van der Waals surface area contributed by atoms with E-state index in [-0.39, 0.29) is 29.7 Å². The molecule has 1 amide bonds. The van der Waals surface area contributed by atoms with Gasteiger partial charge in [0.25, 0.3) is 0 Å². The molecule has 6 heteroatoms. The number of carbonyl (C=O) groups excluding carboxylic acids is 1. The number of aromatic hydroxyl groups is 1. The minimum Gasteiger partial charge on any atom is -0.504 e. The first-order chi connectivity index (χ1) is 17.4. The van der Waals surface area contributed by atoms with E-state index in [2.05, 4.69) is 11.0 Å². The Morgan fingerprint density at radius 1 is 1.14 bits per heavy atom. The Hall–Kier alpha value is -1.79. The van der Waals surface area contributed by atoms with Crippen LogP contribution in [0.5, 0.6) is 11.5 Å². The maximum absolute atomic E-state index is 13.1. The third-order valence-electron chi connectivity index (χ3n) is 11.1. The van der Waals surface area contributed by atoms with Crippen molar-refractivity contribution < 1.29 is 19.7 Å². The lowest BCUT2D eigenvalue weighted by atomic mass is 9.47. The van der Waals surface area contributed by atoms with Gasteiger partial charge < -0.3 is 19.8 Å². The standard InChI is InChI=1S/C30H42N2O4/c1-31(25(34)11-8-19-4-2-3-5-19)18-22-12-13-30(35)24-16-21-9-10-23(33)27-26(21)29(30,28(22)36-27)14-15-32(24)17-20-6-7-20/h9-10,19-20,22,24,28,33,35H,2-8,11-18H2,1H3/t22-,24-,28+,29+,30-/m1/s1. The number of ether oxygens (including phenoxy) is 1. The number of hydrogen-bond donors (Lipinski definition) is 2. The van der Waals surface area contributed by atoms with Gasteiger partial charge in [0.2, 0.25) is 5.91 Å². The zero-order chi connectivity index (χ0) is 24.7. The highest BCUT2D eigenvalue weighted by Gasteiger charge is 2.72. The highest BCUT2D eigenvalue weighted by Crippen LogP contribution is 2.66. The summed E-state index contributed by atoms with van der Waals surface area (Å²) in [6.45, 7) is 2.73. The number of piperidine rings is 1. The van der Waals surface area contributed by atoms with Gasteiger partial charge in [-0.1, -0.05) is 31.7 Å². The van der Waals surface area contributed by atoms with Crippen LogP contribution in [0.4, 0.5) is 0 Å². The maximum atomic E-state index is 13.1. The van der Waals surface area contributed by atoms with E-state index in [4.69, 9.17) is 4.74 Å². The summed E-state index contributed by atoms with van der Waals surface area (Å²) in [7, 11) is 1.95. The van der Waals surface area contributed by atoms with Crippen LogP contribution in [0.25, 0.3) is 0 Å². The average Bonchev–Trinajstić information content (AvgIpc) is 3.37. The molecule has 3 saturated carbocycles. The fourth-order valence-corrected chi connectivity index (χ4v) is 9.04. The summed E-state index contributed by atoms with van der Waals surface area (Å²) in [5.74, 6) is 2.69. The zero-order valence-electron chi connectivity index (χ0n) is 21.8. The predicted molar refractivity (Wildman–Crippen MR) is 137 cm³/mol. The number of rotatable bonds is 7. The Labute approximate surface area is 215 Å². The highest BCUT2D eigenvalue weighted by molar-refractivity contribution is 5.76. The van der Waals surface area contributed by atoms with Crippen LogP contribution in [0, 0.1) is 17.8 Å². The van der Waals surface area contributed by atoms with E-state index in [0.29, 0.717) is 18.7 Å². The van der Waals surface area contributed by atoms with Gasteiger partial charge in [-0.3, -0.25) is 9.69 Å². The third-order valence-corrected chi connectivity index (χ3v) is 11.1. The molecule has 2 bridgehead atoms. The monoisotopic (exact) mass is 494 g/mol. The van der Waals surface area contributed by atoms with Crippen molar-refractivity contribution in [3.05, 3.63) is 23.3 Å². The zero-order valence-corrected chi connectivity index (χ0v) is 21.8. The number of phenols is 1. The second-order valence-electron chi connectivity index (χ2n) is 13.1. The van der Waals surface area contributed by atoms with Crippen LogP contribution < -0.4 is 4.74 Å². The molecule has 4 aliphatic carbocycles. The molecule has 1 saturated heterocycles. The van der Waals surface area contributed by atoms with Crippen LogP contribution >= 0.6 is 0 Å². The van der Waals surface area contributed by atoms with E-state index in [0.717, 1.165) is 62.6 Å². The molecule has 1 spiro atoms. The Balaban J connectivity index is 1.17. The van der Waals surface area contributed by atoms with E-state index in [1.54, 1.807) is 6.07 Å². The smallest absolute Gasteiger partial charge is 0.222 e. The van der Waals surface area contributed by atoms with Crippen molar-refractivity contribution in [2.24, 2.45) is 17.8 Å². The maximum Gasteiger partial charge on any atom is 0.222 e. The molecule has 2 aliphatic heterocycles. The first-order valence-corrected chi connectivity index (χ1v) is 14.6. The summed E-state index contributed by atoms with van der Waals surface area (Å²) >= 11 is 0. The molecule has 2 heterocycles. The van der Waals surface area contributed by atoms with Crippen molar-refractivity contribution in [3.63, 3.8) is 0 Å². The highest BCUT2D eigenvalue weighted by atomic mass is 16.5. The third kappa shape index (κ3) is 3.32. The Bertz CT molecular complexity index is 1050. The number of amides is 1. The quantitative estimate of drug-likeness (QED) is 0.600. The molecule has 6 nitrogen and oxygen atoms in total. The van der Waals surface area contributed by atoms with Gasteiger partial charge in [0.05, 0.1) is 11.0 Å². The summed E-state index contributed by atoms with van der Waals surface area (Å²) in [4.78, 5) is 17.6. The van der Waals surface area contributed by atoms with Crippen molar-refractivity contribution >= 4 is 5.91 Å². The molecular weight excluding hydrogens is 452 g/mol. The van der Waals surface area contributed by atoms with Gasteiger partial charge >= 0.3 is 0 Å².